The van der Waals surface area contributed by atoms with Crippen molar-refractivity contribution in [2.75, 3.05) is 26.7 Å². The molecule has 4 rings (SSSR count). The molecule has 124 valence electrons. The zero-order valence-electron chi connectivity index (χ0n) is 14.3. The summed E-state index contributed by atoms with van der Waals surface area (Å²) in [6.07, 6.45) is 7.25. The van der Waals surface area contributed by atoms with Crippen LogP contribution in [0.1, 0.15) is 50.3 Å². The van der Waals surface area contributed by atoms with E-state index in [0.717, 1.165) is 18.0 Å². The number of hydrogen-bond acceptors (Lipinski definition) is 3. The van der Waals surface area contributed by atoms with Gasteiger partial charge in [0.1, 0.15) is 0 Å². The highest BCUT2D eigenvalue weighted by Crippen LogP contribution is 2.29. The Labute approximate surface area is 138 Å². The second kappa shape index (κ2) is 6.25. The zero-order chi connectivity index (χ0) is 15.8. The number of fused-ring (bicyclic) bond motifs is 1. The van der Waals surface area contributed by atoms with Crippen molar-refractivity contribution in [3.05, 3.63) is 30.0 Å². The normalized spacial score (nSPS) is 27.6. The third-order valence-corrected chi connectivity index (χ3v) is 5.67. The number of benzene rings is 1. The molecule has 0 amide bonds. The minimum Gasteiger partial charge on any atom is -0.310 e. The molecule has 0 saturated carbocycles. The van der Waals surface area contributed by atoms with E-state index in [1.54, 1.807) is 0 Å². The molecule has 3 heterocycles. The summed E-state index contributed by atoms with van der Waals surface area (Å²) in [5, 5.41) is 9.82. The Morgan fingerprint density at radius 1 is 1.13 bits per heavy atom. The topological polar surface area (TPSA) is 33.1 Å². The summed E-state index contributed by atoms with van der Waals surface area (Å²) in [7, 11) is 2.21. The van der Waals surface area contributed by atoms with Crippen LogP contribution in [0.25, 0.3) is 10.9 Å². The van der Waals surface area contributed by atoms with Crippen LogP contribution in [-0.4, -0.2) is 41.4 Å². The van der Waals surface area contributed by atoms with Crippen LogP contribution in [0, 0.1) is 5.92 Å². The van der Waals surface area contributed by atoms with Gasteiger partial charge in [-0.1, -0.05) is 13.0 Å². The summed E-state index contributed by atoms with van der Waals surface area (Å²) < 4.78 is 2.22. The van der Waals surface area contributed by atoms with Gasteiger partial charge in [-0.15, -0.1) is 0 Å². The molecule has 0 aliphatic carbocycles. The van der Waals surface area contributed by atoms with Gasteiger partial charge in [0.25, 0.3) is 0 Å². The van der Waals surface area contributed by atoms with Gasteiger partial charge in [-0.3, -0.25) is 4.68 Å². The standard InChI is InChI=1S/C19H28N4/c1-14-3-5-18(20-12-14)15-4-6-19-16(11-15)13-23(21-19)17-7-9-22(2)10-8-17/h4,6,11,13-14,17-18,20H,3,5,7-10,12H2,1-2H3/t14-,18+/m0/s1. The lowest BCUT2D eigenvalue weighted by atomic mass is 9.92. The molecule has 2 saturated heterocycles. The summed E-state index contributed by atoms with van der Waals surface area (Å²) in [4.78, 5) is 2.41. The Morgan fingerprint density at radius 2 is 1.96 bits per heavy atom. The molecular formula is C19H28N4. The second-order valence-corrected chi connectivity index (χ2v) is 7.61. The van der Waals surface area contributed by atoms with E-state index in [1.165, 1.54) is 49.7 Å². The average molecular weight is 312 g/mol. The number of aromatic nitrogens is 2. The number of piperidine rings is 2. The molecule has 2 fully saturated rings. The molecule has 4 nitrogen and oxygen atoms in total. The molecule has 1 N–H and O–H groups in total. The summed E-state index contributed by atoms with van der Waals surface area (Å²) in [5.74, 6) is 0.808. The fourth-order valence-corrected chi connectivity index (χ4v) is 4.01. The molecule has 0 unspecified atom stereocenters. The van der Waals surface area contributed by atoms with Gasteiger partial charge in [-0.25, -0.2) is 0 Å². The molecular weight excluding hydrogens is 284 g/mol. The van der Waals surface area contributed by atoms with Gasteiger partial charge >= 0.3 is 0 Å². The van der Waals surface area contributed by atoms with E-state index in [1.807, 2.05) is 0 Å². The molecule has 0 spiro atoms. The van der Waals surface area contributed by atoms with Crippen LogP contribution in [0.4, 0.5) is 0 Å². The van der Waals surface area contributed by atoms with Crippen molar-refractivity contribution in [1.29, 1.82) is 0 Å². The lowest BCUT2D eigenvalue weighted by Gasteiger charge is -2.28. The third-order valence-electron chi connectivity index (χ3n) is 5.67. The van der Waals surface area contributed by atoms with Crippen LogP contribution in [-0.2, 0) is 0 Å². The number of likely N-dealkylation sites (tertiary alicyclic amines) is 1. The van der Waals surface area contributed by atoms with Crippen molar-refractivity contribution in [3.63, 3.8) is 0 Å². The molecule has 23 heavy (non-hydrogen) atoms. The van der Waals surface area contributed by atoms with Crippen LogP contribution in [0.15, 0.2) is 24.4 Å². The Kier molecular flexibility index (Phi) is 4.12. The second-order valence-electron chi connectivity index (χ2n) is 7.61. The highest BCUT2D eigenvalue weighted by Gasteiger charge is 2.21. The predicted molar refractivity (Wildman–Crippen MR) is 94.6 cm³/mol. The maximum atomic E-state index is 4.84. The summed E-state index contributed by atoms with van der Waals surface area (Å²) >= 11 is 0. The molecule has 0 radical (unpaired) electrons. The molecule has 2 aliphatic rings. The van der Waals surface area contributed by atoms with E-state index in [0.29, 0.717) is 12.1 Å². The Hall–Kier alpha value is -1.39. The SMILES string of the molecule is C[C@H]1CC[C@H](c2ccc3nn(C4CCN(C)CC4)cc3c2)NC1. The first-order valence-corrected chi connectivity index (χ1v) is 9.10. The summed E-state index contributed by atoms with van der Waals surface area (Å²) in [5.41, 5.74) is 2.56. The maximum Gasteiger partial charge on any atom is 0.0923 e. The first-order chi connectivity index (χ1) is 11.2. The molecule has 4 heteroatoms. The quantitative estimate of drug-likeness (QED) is 0.923. The number of rotatable bonds is 2. The van der Waals surface area contributed by atoms with E-state index in [2.05, 4.69) is 53.3 Å². The highest BCUT2D eigenvalue weighted by molar-refractivity contribution is 5.79. The molecule has 2 atom stereocenters. The monoisotopic (exact) mass is 312 g/mol. The highest BCUT2D eigenvalue weighted by atomic mass is 15.3. The number of hydrogen-bond donors (Lipinski definition) is 1. The first-order valence-electron chi connectivity index (χ1n) is 9.10. The Morgan fingerprint density at radius 3 is 2.70 bits per heavy atom. The smallest absolute Gasteiger partial charge is 0.0923 e. The average Bonchev–Trinajstić information content (AvgIpc) is 2.99. The number of nitrogens with one attached hydrogen (secondary N) is 1. The molecule has 1 aromatic carbocycles. The van der Waals surface area contributed by atoms with Crippen molar-refractivity contribution in [1.82, 2.24) is 20.0 Å². The minimum atomic E-state index is 0.516. The van der Waals surface area contributed by atoms with Crippen LogP contribution >= 0.6 is 0 Å². The van der Waals surface area contributed by atoms with Crippen LogP contribution in [0.3, 0.4) is 0 Å². The maximum absolute atomic E-state index is 4.84. The van der Waals surface area contributed by atoms with Gasteiger partial charge in [-0.05, 0) is 76.0 Å². The Bertz CT molecular complexity index is 641. The van der Waals surface area contributed by atoms with E-state index in [-0.39, 0.29) is 0 Å². The van der Waals surface area contributed by atoms with Crippen molar-refractivity contribution >= 4 is 10.9 Å². The van der Waals surface area contributed by atoms with Gasteiger partial charge in [0.05, 0.1) is 11.6 Å². The summed E-state index contributed by atoms with van der Waals surface area (Å²) in [6, 6.07) is 7.90. The van der Waals surface area contributed by atoms with Crippen molar-refractivity contribution < 1.29 is 0 Å². The number of nitrogens with zero attached hydrogens (tertiary/aromatic N) is 3. The first kappa shape index (κ1) is 15.2. The van der Waals surface area contributed by atoms with Gasteiger partial charge in [0, 0.05) is 17.6 Å². The van der Waals surface area contributed by atoms with Crippen LogP contribution in [0.5, 0.6) is 0 Å². The van der Waals surface area contributed by atoms with E-state index in [4.69, 9.17) is 5.10 Å². The van der Waals surface area contributed by atoms with E-state index >= 15 is 0 Å². The van der Waals surface area contributed by atoms with Gasteiger partial charge < -0.3 is 10.2 Å². The largest absolute Gasteiger partial charge is 0.310 e. The predicted octanol–water partition coefficient (Wildman–Crippen LogP) is 3.36. The fourth-order valence-electron chi connectivity index (χ4n) is 4.01. The summed E-state index contributed by atoms with van der Waals surface area (Å²) in [6.45, 7) is 5.82. The molecule has 2 aromatic rings. The third kappa shape index (κ3) is 3.15. The fraction of sp³-hybridized carbons (Fsp3) is 0.632. The van der Waals surface area contributed by atoms with E-state index < -0.39 is 0 Å². The van der Waals surface area contributed by atoms with E-state index in [9.17, 15) is 0 Å². The van der Waals surface area contributed by atoms with Crippen LogP contribution in [0.2, 0.25) is 0 Å². The molecule has 2 aliphatic heterocycles. The lowest BCUT2D eigenvalue weighted by Crippen LogP contribution is -2.31. The van der Waals surface area contributed by atoms with Gasteiger partial charge in [-0.2, -0.15) is 5.10 Å². The van der Waals surface area contributed by atoms with Crippen molar-refractivity contribution in [3.8, 4) is 0 Å². The van der Waals surface area contributed by atoms with Crippen molar-refractivity contribution in [2.45, 2.75) is 44.7 Å². The zero-order valence-corrected chi connectivity index (χ0v) is 14.3. The van der Waals surface area contributed by atoms with Gasteiger partial charge in [0.15, 0.2) is 0 Å². The van der Waals surface area contributed by atoms with Crippen molar-refractivity contribution in [2.24, 2.45) is 5.92 Å². The lowest BCUT2D eigenvalue weighted by molar-refractivity contribution is 0.213. The minimum absolute atomic E-state index is 0.516. The van der Waals surface area contributed by atoms with Gasteiger partial charge in [0.2, 0.25) is 0 Å². The molecule has 0 bridgehead atoms. The Balaban J connectivity index is 1.55. The molecule has 1 aromatic heterocycles. The van der Waals surface area contributed by atoms with Crippen LogP contribution < -0.4 is 5.32 Å².